The van der Waals surface area contributed by atoms with Gasteiger partial charge in [-0.1, -0.05) is 25.1 Å². The van der Waals surface area contributed by atoms with E-state index < -0.39 is 0 Å². The molecule has 1 aliphatic heterocycles. The highest BCUT2D eigenvalue weighted by atomic mass is 19.1. The second kappa shape index (κ2) is 8.99. The molecule has 2 heterocycles. The number of carbonyl (C=O) groups excluding carboxylic acids is 1. The zero-order valence-electron chi connectivity index (χ0n) is 17.7. The molecule has 1 unspecified atom stereocenters. The maximum absolute atomic E-state index is 13.9. The van der Waals surface area contributed by atoms with Gasteiger partial charge >= 0.3 is 0 Å². The minimum absolute atomic E-state index is 0.0435. The monoisotopic (exact) mass is 399 g/mol. The lowest BCUT2D eigenvalue weighted by atomic mass is 9.81. The highest BCUT2D eigenvalue weighted by Gasteiger charge is 2.32. The van der Waals surface area contributed by atoms with E-state index in [0.717, 1.165) is 25.2 Å². The van der Waals surface area contributed by atoms with E-state index in [1.807, 2.05) is 20.8 Å². The number of piperidine rings is 1. The van der Waals surface area contributed by atoms with E-state index in [4.69, 9.17) is 4.74 Å². The predicted octanol–water partition coefficient (Wildman–Crippen LogP) is 4.06. The van der Waals surface area contributed by atoms with Crippen LogP contribution < -0.4 is 4.74 Å². The molecular formula is C23H30FN3O2. The number of benzene rings is 1. The molecule has 0 radical (unpaired) electrons. The first-order valence-electron chi connectivity index (χ1n) is 10.2. The summed E-state index contributed by atoms with van der Waals surface area (Å²) in [6, 6.07) is 6.52. The molecule has 1 aromatic heterocycles. The third-order valence-electron chi connectivity index (χ3n) is 5.24. The molecule has 0 saturated carbocycles. The Hall–Kier alpha value is -2.34. The molecule has 1 fully saturated rings. The molecule has 0 aliphatic carbocycles. The summed E-state index contributed by atoms with van der Waals surface area (Å²) in [5.74, 6) is 0.536. The van der Waals surface area contributed by atoms with Gasteiger partial charge in [-0.3, -0.25) is 14.7 Å². The molecule has 29 heavy (non-hydrogen) atoms. The average Bonchev–Trinajstić information content (AvgIpc) is 2.64. The molecule has 2 aromatic rings. The molecule has 1 saturated heterocycles. The SMILES string of the molecule is C[C@@H]1CN(Cc2nccnc2OC(C)(C)C)CCC1C(=O)Cc1ccccc1F. The first kappa shape index (κ1) is 21.4. The first-order chi connectivity index (χ1) is 13.7. The topological polar surface area (TPSA) is 55.3 Å². The normalized spacial score (nSPS) is 20.4. The van der Waals surface area contributed by atoms with Gasteiger partial charge in [-0.2, -0.15) is 0 Å². The van der Waals surface area contributed by atoms with Gasteiger partial charge in [0.1, 0.15) is 22.9 Å². The number of halogens is 1. The van der Waals surface area contributed by atoms with Crippen LogP contribution in [-0.4, -0.2) is 39.3 Å². The van der Waals surface area contributed by atoms with Gasteiger partial charge in [0.05, 0.1) is 0 Å². The Morgan fingerprint density at radius 2 is 1.97 bits per heavy atom. The third-order valence-corrected chi connectivity index (χ3v) is 5.24. The van der Waals surface area contributed by atoms with Crippen LogP contribution in [0.15, 0.2) is 36.7 Å². The maximum Gasteiger partial charge on any atom is 0.237 e. The van der Waals surface area contributed by atoms with Crippen molar-refractivity contribution in [3.05, 3.63) is 53.7 Å². The van der Waals surface area contributed by atoms with Crippen molar-refractivity contribution < 1.29 is 13.9 Å². The Balaban J connectivity index is 1.61. The standard InChI is InChI=1S/C23H30FN3O2/c1-16-14-27(15-20-22(26-11-10-25-20)29-23(2,3)4)12-9-18(16)21(28)13-17-7-5-6-8-19(17)24/h5-8,10-11,16,18H,9,12-15H2,1-4H3/t16-,18?/m1/s1. The number of ether oxygens (including phenoxy) is 1. The molecule has 0 amide bonds. The van der Waals surface area contributed by atoms with E-state index in [1.165, 1.54) is 6.07 Å². The van der Waals surface area contributed by atoms with Crippen LogP contribution in [0, 0.1) is 17.7 Å². The van der Waals surface area contributed by atoms with E-state index in [2.05, 4.69) is 21.8 Å². The largest absolute Gasteiger partial charge is 0.471 e. The summed E-state index contributed by atoms with van der Waals surface area (Å²) in [7, 11) is 0. The van der Waals surface area contributed by atoms with Gasteiger partial charge in [0, 0.05) is 37.8 Å². The molecular weight excluding hydrogens is 369 g/mol. The summed E-state index contributed by atoms with van der Waals surface area (Å²) in [5, 5.41) is 0. The molecule has 2 atom stereocenters. The number of ketones is 1. The number of nitrogens with zero attached hydrogens (tertiary/aromatic N) is 3. The van der Waals surface area contributed by atoms with Gasteiger partial charge < -0.3 is 4.74 Å². The van der Waals surface area contributed by atoms with Gasteiger partial charge in [0.25, 0.3) is 0 Å². The molecule has 156 valence electrons. The van der Waals surface area contributed by atoms with Crippen molar-refractivity contribution in [3.8, 4) is 5.88 Å². The molecule has 0 N–H and O–H groups in total. The quantitative estimate of drug-likeness (QED) is 0.733. The van der Waals surface area contributed by atoms with E-state index in [9.17, 15) is 9.18 Å². The predicted molar refractivity (Wildman–Crippen MR) is 110 cm³/mol. The molecule has 1 aliphatic rings. The molecule has 0 bridgehead atoms. The van der Waals surface area contributed by atoms with E-state index >= 15 is 0 Å². The van der Waals surface area contributed by atoms with Gasteiger partial charge in [-0.05, 0) is 51.3 Å². The minimum Gasteiger partial charge on any atom is -0.471 e. The summed E-state index contributed by atoms with van der Waals surface area (Å²) in [5.41, 5.74) is 0.950. The van der Waals surface area contributed by atoms with Gasteiger partial charge in [0.2, 0.25) is 5.88 Å². The summed E-state index contributed by atoms with van der Waals surface area (Å²) in [4.78, 5) is 23.9. The highest BCUT2D eigenvalue weighted by molar-refractivity contribution is 5.83. The van der Waals surface area contributed by atoms with Crippen LogP contribution in [0.5, 0.6) is 5.88 Å². The highest BCUT2D eigenvalue weighted by Crippen LogP contribution is 2.28. The van der Waals surface area contributed by atoms with Crippen molar-refractivity contribution in [3.63, 3.8) is 0 Å². The van der Waals surface area contributed by atoms with Gasteiger partial charge in [-0.15, -0.1) is 0 Å². The van der Waals surface area contributed by atoms with Crippen molar-refractivity contribution in [2.75, 3.05) is 13.1 Å². The zero-order valence-corrected chi connectivity index (χ0v) is 17.7. The Labute approximate surface area is 172 Å². The van der Waals surface area contributed by atoms with Crippen LogP contribution in [0.1, 0.15) is 45.4 Å². The lowest BCUT2D eigenvalue weighted by molar-refractivity contribution is -0.125. The second-order valence-electron chi connectivity index (χ2n) is 8.86. The van der Waals surface area contributed by atoms with Crippen molar-refractivity contribution in [2.24, 2.45) is 11.8 Å². The summed E-state index contributed by atoms with van der Waals surface area (Å²) >= 11 is 0. The van der Waals surface area contributed by atoms with Gasteiger partial charge in [-0.25, -0.2) is 9.37 Å². The molecule has 3 rings (SSSR count). The summed E-state index contributed by atoms with van der Waals surface area (Å²) in [6.45, 7) is 10.3. The number of carbonyl (C=O) groups is 1. The van der Waals surface area contributed by atoms with Crippen LogP contribution in [0.25, 0.3) is 0 Å². The summed E-state index contributed by atoms with van der Waals surface area (Å²) < 4.78 is 19.8. The third kappa shape index (κ3) is 5.82. The smallest absolute Gasteiger partial charge is 0.237 e. The summed E-state index contributed by atoms with van der Waals surface area (Å²) in [6.07, 6.45) is 4.25. The lowest BCUT2D eigenvalue weighted by Crippen LogP contribution is -2.42. The fourth-order valence-corrected chi connectivity index (χ4v) is 3.86. The van der Waals surface area contributed by atoms with Crippen LogP contribution >= 0.6 is 0 Å². The van der Waals surface area contributed by atoms with Crippen molar-refractivity contribution >= 4 is 5.78 Å². The number of Topliss-reactive ketones (excluding diaryl/α,β-unsaturated/α-hetero) is 1. The fourth-order valence-electron chi connectivity index (χ4n) is 3.86. The first-order valence-corrected chi connectivity index (χ1v) is 10.2. The van der Waals surface area contributed by atoms with Crippen LogP contribution in [0.2, 0.25) is 0 Å². The lowest BCUT2D eigenvalue weighted by Gasteiger charge is -2.36. The number of aromatic nitrogens is 2. The number of likely N-dealkylation sites (tertiary alicyclic amines) is 1. The molecule has 0 spiro atoms. The van der Waals surface area contributed by atoms with Crippen LogP contribution in [0.4, 0.5) is 4.39 Å². The Kier molecular flexibility index (Phi) is 6.63. The Bertz CT molecular complexity index is 850. The van der Waals surface area contributed by atoms with E-state index in [1.54, 1.807) is 30.6 Å². The second-order valence-corrected chi connectivity index (χ2v) is 8.86. The van der Waals surface area contributed by atoms with Crippen LogP contribution in [-0.2, 0) is 17.8 Å². The number of hydrogen-bond acceptors (Lipinski definition) is 5. The van der Waals surface area contributed by atoms with Gasteiger partial charge in [0.15, 0.2) is 0 Å². The van der Waals surface area contributed by atoms with E-state index in [0.29, 0.717) is 18.0 Å². The van der Waals surface area contributed by atoms with Crippen molar-refractivity contribution in [1.82, 2.24) is 14.9 Å². The minimum atomic E-state index is -0.343. The van der Waals surface area contributed by atoms with E-state index in [-0.39, 0.29) is 35.5 Å². The van der Waals surface area contributed by atoms with Crippen LogP contribution in [0.3, 0.4) is 0 Å². The zero-order chi connectivity index (χ0) is 21.0. The molecule has 6 heteroatoms. The number of rotatable bonds is 6. The molecule has 1 aromatic carbocycles. The fraction of sp³-hybridized carbons (Fsp3) is 0.522. The Morgan fingerprint density at radius 1 is 1.24 bits per heavy atom. The van der Waals surface area contributed by atoms with Crippen molar-refractivity contribution in [1.29, 1.82) is 0 Å². The number of hydrogen-bond donors (Lipinski definition) is 0. The maximum atomic E-state index is 13.9. The Morgan fingerprint density at radius 3 is 2.66 bits per heavy atom. The molecule has 5 nitrogen and oxygen atoms in total. The average molecular weight is 400 g/mol. The van der Waals surface area contributed by atoms with Crippen molar-refractivity contribution in [2.45, 2.75) is 52.7 Å².